The highest BCUT2D eigenvalue weighted by atomic mass is 16.2. The lowest BCUT2D eigenvalue weighted by atomic mass is 10.0. The van der Waals surface area contributed by atoms with Gasteiger partial charge in [-0.3, -0.25) is 14.5 Å². The number of primary amides is 1. The fourth-order valence-electron chi connectivity index (χ4n) is 4.85. The van der Waals surface area contributed by atoms with E-state index in [0.717, 1.165) is 32.5 Å². The van der Waals surface area contributed by atoms with E-state index in [1.165, 1.54) is 54.4 Å². The highest BCUT2D eigenvalue weighted by Gasteiger charge is 2.21. The molecule has 0 unspecified atom stereocenters. The third kappa shape index (κ3) is 6.16. The van der Waals surface area contributed by atoms with Crippen molar-refractivity contribution in [2.75, 3.05) is 31.5 Å². The largest absolute Gasteiger partial charge is 0.367 e. The number of aromatic nitrogens is 3. The van der Waals surface area contributed by atoms with Crippen LogP contribution in [0.15, 0.2) is 36.7 Å². The first-order valence-corrected chi connectivity index (χ1v) is 12.4. The number of hydrogen-bond acceptors (Lipinski definition) is 6. The minimum atomic E-state index is -0.572. The van der Waals surface area contributed by atoms with Crippen LogP contribution in [-0.2, 0) is 17.8 Å². The Morgan fingerprint density at radius 1 is 1.17 bits per heavy atom. The number of rotatable bonds is 5. The molecule has 0 aliphatic carbocycles. The van der Waals surface area contributed by atoms with E-state index in [-0.39, 0.29) is 17.6 Å². The Kier molecular flexibility index (Phi) is 7.97. The first-order valence-electron chi connectivity index (χ1n) is 12.4. The van der Waals surface area contributed by atoms with E-state index in [9.17, 15) is 9.59 Å². The van der Waals surface area contributed by atoms with Gasteiger partial charge in [-0.15, -0.1) is 0 Å². The highest BCUT2D eigenvalue weighted by Crippen LogP contribution is 2.27. The summed E-state index contributed by atoms with van der Waals surface area (Å²) in [6.45, 7) is 8.85. The quantitative estimate of drug-likeness (QED) is 0.520. The van der Waals surface area contributed by atoms with Crippen molar-refractivity contribution in [2.45, 2.75) is 52.1 Å². The van der Waals surface area contributed by atoms with E-state index >= 15 is 0 Å². The maximum Gasteiger partial charge on any atom is 0.267 e. The Morgan fingerprint density at radius 3 is 2.66 bits per heavy atom. The summed E-state index contributed by atoms with van der Waals surface area (Å²) in [6.07, 6.45) is 5.44. The highest BCUT2D eigenvalue weighted by molar-refractivity contribution is 5.91. The Hall–Kier alpha value is -3.46. The van der Waals surface area contributed by atoms with Crippen molar-refractivity contribution < 1.29 is 9.59 Å². The van der Waals surface area contributed by atoms with E-state index in [4.69, 9.17) is 5.73 Å². The van der Waals surface area contributed by atoms with Crippen LogP contribution >= 0.6 is 0 Å². The van der Waals surface area contributed by atoms with Gasteiger partial charge in [0.05, 0.1) is 0 Å². The Labute approximate surface area is 206 Å². The zero-order valence-corrected chi connectivity index (χ0v) is 20.6. The second kappa shape index (κ2) is 11.3. The van der Waals surface area contributed by atoms with Gasteiger partial charge < -0.3 is 20.9 Å². The Morgan fingerprint density at radius 2 is 1.94 bits per heavy atom. The number of piperidine rings is 1. The van der Waals surface area contributed by atoms with Crippen LogP contribution < -0.4 is 11.1 Å². The molecule has 0 spiro atoms. The number of nitrogens with zero attached hydrogens (tertiary/aromatic N) is 4. The topological polar surface area (TPSA) is 120 Å². The van der Waals surface area contributed by atoms with Crippen LogP contribution in [0.25, 0.3) is 10.9 Å². The molecule has 186 valence electrons. The average Bonchev–Trinajstić information content (AvgIpc) is 3.23. The average molecular weight is 478 g/mol. The van der Waals surface area contributed by atoms with Crippen molar-refractivity contribution in [3.63, 3.8) is 0 Å². The molecule has 2 aliphatic heterocycles. The molecule has 5 rings (SSSR count). The molecule has 2 amide bonds. The molecule has 4 heterocycles. The van der Waals surface area contributed by atoms with Crippen LogP contribution in [0.1, 0.15) is 54.9 Å². The van der Waals surface area contributed by atoms with E-state index in [1.807, 2.05) is 4.90 Å². The maximum absolute atomic E-state index is 11.2. The number of likely N-dealkylation sites (tertiary alicyclic amines) is 1. The van der Waals surface area contributed by atoms with Gasteiger partial charge in [0.25, 0.3) is 5.91 Å². The zero-order valence-electron chi connectivity index (χ0n) is 20.6. The van der Waals surface area contributed by atoms with Crippen LogP contribution in [0.2, 0.25) is 0 Å². The van der Waals surface area contributed by atoms with Gasteiger partial charge in [-0.1, -0.05) is 25.1 Å². The van der Waals surface area contributed by atoms with Crippen LogP contribution in [0.5, 0.6) is 0 Å². The summed E-state index contributed by atoms with van der Waals surface area (Å²) in [5, 5.41) is 4.65. The number of hydrogen-bond donors (Lipinski definition) is 3. The van der Waals surface area contributed by atoms with Gasteiger partial charge in [0.15, 0.2) is 0 Å². The van der Waals surface area contributed by atoms with Crippen molar-refractivity contribution in [2.24, 2.45) is 5.73 Å². The van der Waals surface area contributed by atoms with Gasteiger partial charge in [0, 0.05) is 68.2 Å². The lowest BCUT2D eigenvalue weighted by Crippen LogP contribution is -2.41. The van der Waals surface area contributed by atoms with E-state index in [2.05, 4.69) is 56.4 Å². The number of anilines is 1. The first-order chi connectivity index (χ1) is 16.9. The number of carbonyl (C=O) groups is 2. The summed E-state index contributed by atoms with van der Waals surface area (Å²) in [7, 11) is 0. The van der Waals surface area contributed by atoms with E-state index < -0.39 is 5.91 Å². The molecule has 35 heavy (non-hydrogen) atoms. The van der Waals surface area contributed by atoms with Crippen LogP contribution in [0.4, 0.5) is 5.82 Å². The number of nitrogens with two attached hydrogens (primary N) is 1. The van der Waals surface area contributed by atoms with Crippen LogP contribution in [-0.4, -0.2) is 68.8 Å². The molecule has 0 radical (unpaired) electrons. The monoisotopic (exact) mass is 477 g/mol. The normalized spacial score (nSPS) is 16.3. The first kappa shape index (κ1) is 24.7. The lowest BCUT2D eigenvalue weighted by Gasteiger charge is -2.31. The molecule has 2 aromatic heterocycles. The minimum absolute atomic E-state index is 0.108. The second-order valence-electron chi connectivity index (χ2n) is 9.23. The van der Waals surface area contributed by atoms with Gasteiger partial charge in [0.1, 0.15) is 17.8 Å². The van der Waals surface area contributed by atoms with Crippen molar-refractivity contribution in [3.8, 4) is 0 Å². The number of fused-ring (bicyclic) bond motifs is 3. The van der Waals surface area contributed by atoms with Crippen LogP contribution in [0, 0.1) is 0 Å². The number of aromatic amines is 1. The zero-order chi connectivity index (χ0) is 24.8. The van der Waals surface area contributed by atoms with Gasteiger partial charge in [-0.25, -0.2) is 9.97 Å². The molecule has 0 atom stereocenters. The smallest absolute Gasteiger partial charge is 0.267 e. The van der Waals surface area contributed by atoms with Gasteiger partial charge in [-0.05, 0) is 37.4 Å². The molecule has 2 aliphatic rings. The second-order valence-corrected chi connectivity index (χ2v) is 9.23. The number of carbonyl (C=O) groups excluding carboxylic acids is 2. The summed E-state index contributed by atoms with van der Waals surface area (Å²) in [6, 6.07) is 10.4. The van der Waals surface area contributed by atoms with Crippen molar-refractivity contribution in [1.82, 2.24) is 24.8 Å². The summed E-state index contributed by atoms with van der Waals surface area (Å²) in [5.74, 6) is 0.124. The van der Waals surface area contributed by atoms with Crippen molar-refractivity contribution in [3.05, 3.63) is 53.6 Å². The molecule has 4 N–H and O–H groups in total. The fraction of sp³-hybridized carbons (Fsp3) is 0.462. The minimum Gasteiger partial charge on any atom is -0.367 e. The summed E-state index contributed by atoms with van der Waals surface area (Å²) in [4.78, 5) is 38.0. The predicted octanol–water partition coefficient (Wildman–Crippen LogP) is 2.93. The fourth-order valence-corrected chi connectivity index (χ4v) is 4.85. The Balaban J connectivity index is 0.000000167. The van der Waals surface area contributed by atoms with Crippen LogP contribution in [0.3, 0.4) is 0 Å². The van der Waals surface area contributed by atoms with Crippen molar-refractivity contribution in [1.29, 1.82) is 0 Å². The molecule has 0 bridgehead atoms. The van der Waals surface area contributed by atoms with Gasteiger partial charge in [-0.2, -0.15) is 0 Å². The number of H-pyrrole nitrogens is 1. The summed E-state index contributed by atoms with van der Waals surface area (Å²) >= 11 is 0. The molecule has 9 nitrogen and oxygen atoms in total. The third-order valence-corrected chi connectivity index (χ3v) is 6.71. The molecule has 9 heteroatoms. The SMILES string of the molecule is CC(=O)N1CCC(Nc2cc(C(N)=O)ncn2)CC1.CCCN1CCc2[nH]c3ccccc3c2C1. The van der Waals surface area contributed by atoms with Gasteiger partial charge >= 0.3 is 0 Å². The maximum atomic E-state index is 11.2. The number of para-hydroxylation sites is 1. The molecule has 1 fully saturated rings. The number of benzene rings is 1. The summed E-state index contributed by atoms with van der Waals surface area (Å²) in [5.41, 5.74) is 9.63. The molecule has 3 aromatic rings. The lowest BCUT2D eigenvalue weighted by molar-refractivity contribution is -0.129. The standard InChI is InChI=1S/C14H18N2.C12H17N5O2/c1-2-8-16-9-7-14-12(10-16)11-5-3-4-6-13(11)15-14;1-8(18)17-4-2-9(3-5-17)16-11-6-10(12(13)19)14-7-15-11/h3-6,15H,2,7-10H2,1H3;6-7,9H,2-5H2,1H3,(H2,13,19)(H,14,15,16). The van der Waals surface area contributed by atoms with Crippen molar-refractivity contribution >= 4 is 28.5 Å². The molecule has 1 saturated heterocycles. The summed E-state index contributed by atoms with van der Waals surface area (Å²) < 4.78 is 0. The number of nitrogens with one attached hydrogen (secondary N) is 2. The molecular weight excluding hydrogens is 442 g/mol. The molecule has 0 saturated carbocycles. The Bertz CT molecular complexity index is 1170. The molecule has 1 aromatic carbocycles. The third-order valence-electron chi connectivity index (χ3n) is 6.71. The van der Waals surface area contributed by atoms with E-state index in [0.29, 0.717) is 5.82 Å². The van der Waals surface area contributed by atoms with Gasteiger partial charge in [0.2, 0.25) is 5.91 Å². The van der Waals surface area contributed by atoms with E-state index in [1.54, 1.807) is 13.0 Å². The molecular formula is C26H35N7O2. The number of amides is 2. The predicted molar refractivity (Wildman–Crippen MR) is 137 cm³/mol.